The molecule has 0 bridgehead atoms. The zero-order chi connectivity index (χ0) is 12.3. The zero-order valence-corrected chi connectivity index (χ0v) is 10.9. The molecule has 1 N–H and O–H groups in total. The van der Waals surface area contributed by atoms with Crippen molar-refractivity contribution < 1.29 is 9.53 Å². The largest absolute Gasteiger partial charge is 0.378 e. The Bertz CT molecular complexity index is 254. The van der Waals surface area contributed by atoms with E-state index in [1.165, 1.54) is 6.42 Å². The van der Waals surface area contributed by atoms with Crippen LogP contribution in [-0.4, -0.2) is 48.7 Å². The number of amides is 1. The third kappa shape index (κ3) is 3.19. The summed E-state index contributed by atoms with van der Waals surface area (Å²) < 4.78 is 5.39. The van der Waals surface area contributed by atoms with Gasteiger partial charge in [-0.15, -0.1) is 0 Å². The molecule has 2 aliphatic rings. The van der Waals surface area contributed by atoms with Gasteiger partial charge in [0.15, 0.2) is 0 Å². The molecule has 3 atom stereocenters. The van der Waals surface area contributed by atoms with Crippen LogP contribution in [-0.2, 0) is 9.53 Å². The van der Waals surface area contributed by atoms with Gasteiger partial charge in [-0.25, -0.2) is 0 Å². The highest BCUT2D eigenvalue weighted by molar-refractivity contribution is 5.77. The van der Waals surface area contributed by atoms with Gasteiger partial charge in [-0.2, -0.15) is 0 Å². The predicted octanol–water partition coefficient (Wildman–Crippen LogP) is 1.15. The third-order valence-corrected chi connectivity index (χ3v) is 3.90. The lowest BCUT2D eigenvalue weighted by atomic mass is 9.96. The van der Waals surface area contributed by atoms with E-state index in [1.54, 1.807) is 0 Å². The maximum absolute atomic E-state index is 12.3. The summed E-state index contributed by atoms with van der Waals surface area (Å²) in [5, 5.41) is 3.35. The molecule has 2 saturated heterocycles. The van der Waals surface area contributed by atoms with Crippen molar-refractivity contribution in [2.75, 3.05) is 19.8 Å². The number of nitrogens with one attached hydrogen (secondary N) is 1. The first-order valence-electron chi connectivity index (χ1n) is 6.80. The first kappa shape index (κ1) is 12.8. The molecule has 17 heavy (non-hydrogen) atoms. The Morgan fingerprint density at radius 3 is 2.65 bits per heavy atom. The Hall–Kier alpha value is -0.610. The lowest BCUT2D eigenvalue weighted by Gasteiger charge is -2.40. The number of morpholine rings is 1. The number of nitrogens with zero attached hydrogens (tertiary/aromatic N) is 1. The standard InChI is InChI=1S/C13H24N2O2/c1-10-4-3-5-11(2)15(10)13(16)8-12-9-17-7-6-14-12/h10-12,14H,3-9H2,1-2H3/t10-,11+,12?. The minimum absolute atomic E-state index is 0.206. The summed E-state index contributed by atoms with van der Waals surface area (Å²) in [5.74, 6) is 0.285. The third-order valence-electron chi connectivity index (χ3n) is 3.90. The van der Waals surface area contributed by atoms with Crippen molar-refractivity contribution in [2.45, 2.75) is 57.7 Å². The molecule has 1 amide bonds. The van der Waals surface area contributed by atoms with Gasteiger partial charge in [-0.05, 0) is 33.1 Å². The molecule has 0 saturated carbocycles. The SMILES string of the molecule is C[C@@H]1CCC[C@H](C)N1C(=O)CC1COCCN1. The van der Waals surface area contributed by atoms with Crippen LogP contribution in [0.25, 0.3) is 0 Å². The minimum atomic E-state index is 0.206. The highest BCUT2D eigenvalue weighted by Crippen LogP contribution is 2.23. The monoisotopic (exact) mass is 240 g/mol. The van der Waals surface area contributed by atoms with Crippen LogP contribution in [0.1, 0.15) is 39.5 Å². The van der Waals surface area contributed by atoms with Gasteiger partial charge in [0, 0.05) is 31.1 Å². The summed E-state index contributed by atoms with van der Waals surface area (Å²) in [6.07, 6.45) is 4.11. The Balaban J connectivity index is 1.88. The van der Waals surface area contributed by atoms with E-state index in [0.717, 1.165) is 26.0 Å². The fourth-order valence-electron chi connectivity index (χ4n) is 2.98. The van der Waals surface area contributed by atoms with Crippen molar-refractivity contribution >= 4 is 5.91 Å². The normalized spacial score (nSPS) is 34.7. The molecule has 0 aromatic heterocycles. The molecule has 4 nitrogen and oxygen atoms in total. The molecule has 0 aromatic rings. The van der Waals surface area contributed by atoms with Gasteiger partial charge in [0.05, 0.1) is 13.2 Å². The summed E-state index contributed by atoms with van der Waals surface area (Å²) in [7, 11) is 0. The molecule has 2 aliphatic heterocycles. The maximum Gasteiger partial charge on any atom is 0.224 e. The summed E-state index contributed by atoms with van der Waals surface area (Å²) in [4.78, 5) is 14.4. The van der Waals surface area contributed by atoms with E-state index in [-0.39, 0.29) is 11.9 Å². The molecule has 0 radical (unpaired) electrons. The predicted molar refractivity (Wildman–Crippen MR) is 66.8 cm³/mol. The van der Waals surface area contributed by atoms with Gasteiger partial charge in [-0.3, -0.25) is 4.79 Å². The van der Waals surface area contributed by atoms with E-state index in [9.17, 15) is 4.79 Å². The molecule has 0 aromatic carbocycles. The van der Waals surface area contributed by atoms with Gasteiger partial charge >= 0.3 is 0 Å². The second-order valence-corrected chi connectivity index (χ2v) is 5.36. The summed E-state index contributed by atoms with van der Waals surface area (Å²) in [6, 6.07) is 1.00. The molecule has 2 heterocycles. The second-order valence-electron chi connectivity index (χ2n) is 5.36. The lowest BCUT2D eigenvalue weighted by molar-refractivity contribution is -0.138. The van der Waals surface area contributed by atoms with E-state index in [4.69, 9.17) is 4.74 Å². The Morgan fingerprint density at radius 2 is 2.06 bits per heavy atom. The number of carbonyl (C=O) groups excluding carboxylic acids is 1. The second kappa shape index (κ2) is 5.83. The smallest absolute Gasteiger partial charge is 0.224 e. The molecule has 4 heteroatoms. The van der Waals surface area contributed by atoms with Crippen molar-refractivity contribution in [3.63, 3.8) is 0 Å². The van der Waals surface area contributed by atoms with Crippen LogP contribution in [0, 0.1) is 0 Å². The number of ether oxygens (including phenoxy) is 1. The molecule has 98 valence electrons. The average molecular weight is 240 g/mol. The first-order valence-corrected chi connectivity index (χ1v) is 6.80. The number of piperidine rings is 1. The lowest BCUT2D eigenvalue weighted by Crippen LogP contribution is -2.51. The van der Waals surface area contributed by atoms with E-state index >= 15 is 0 Å². The molecule has 0 aliphatic carbocycles. The Kier molecular flexibility index (Phi) is 4.40. The van der Waals surface area contributed by atoms with Gasteiger partial charge in [-0.1, -0.05) is 0 Å². The van der Waals surface area contributed by atoms with Crippen LogP contribution in [0.15, 0.2) is 0 Å². The highest BCUT2D eigenvalue weighted by Gasteiger charge is 2.30. The van der Waals surface area contributed by atoms with Crippen LogP contribution in [0.4, 0.5) is 0 Å². The molecule has 2 fully saturated rings. The minimum Gasteiger partial charge on any atom is -0.378 e. The fourth-order valence-corrected chi connectivity index (χ4v) is 2.98. The van der Waals surface area contributed by atoms with Crippen molar-refractivity contribution in [3.8, 4) is 0 Å². The topological polar surface area (TPSA) is 41.6 Å². The van der Waals surface area contributed by atoms with Crippen LogP contribution < -0.4 is 5.32 Å². The number of likely N-dealkylation sites (tertiary alicyclic amines) is 1. The van der Waals surface area contributed by atoms with Crippen molar-refractivity contribution in [1.29, 1.82) is 0 Å². The summed E-state index contributed by atoms with van der Waals surface area (Å²) >= 11 is 0. The van der Waals surface area contributed by atoms with Gasteiger partial charge in [0.2, 0.25) is 5.91 Å². The number of hydrogen-bond acceptors (Lipinski definition) is 3. The van der Waals surface area contributed by atoms with Crippen LogP contribution >= 0.6 is 0 Å². The fraction of sp³-hybridized carbons (Fsp3) is 0.923. The number of hydrogen-bond donors (Lipinski definition) is 1. The summed E-state index contributed by atoms with van der Waals surface area (Å²) in [6.45, 7) is 6.63. The van der Waals surface area contributed by atoms with Crippen molar-refractivity contribution in [3.05, 3.63) is 0 Å². The van der Waals surface area contributed by atoms with Gasteiger partial charge in [0.25, 0.3) is 0 Å². The molecular formula is C13H24N2O2. The molecule has 1 unspecified atom stereocenters. The first-order chi connectivity index (χ1) is 8.18. The van der Waals surface area contributed by atoms with E-state index in [1.807, 2.05) is 0 Å². The van der Waals surface area contributed by atoms with Crippen LogP contribution in [0.2, 0.25) is 0 Å². The maximum atomic E-state index is 12.3. The van der Waals surface area contributed by atoms with E-state index in [2.05, 4.69) is 24.1 Å². The van der Waals surface area contributed by atoms with Crippen LogP contribution in [0.5, 0.6) is 0 Å². The van der Waals surface area contributed by atoms with E-state index in [0.29, 0.717) is 25.1 Å². The summed E-state index contributed by atoms with van der Waals surface area (Å²) in [5.41, 5.74) is 0. The zero-order valence-electron chi connectivity index (χ0n) is 10.9. The van der Waals surface area contributed by atoms with Gasteiger partial charge < -0.3 is 15.0 Å². The number of rotatable bonds is 2. The average Bonchev–Trinajstić information content (AvgIpc) is 2.30. The molecule has 2 rings (SSSR count). The van der Waals surface area contributed by atoms with Crippen molar-refractivity contribution in [2.24, 2.45) is 0 Å². The Morgan fingerprint density at radius 1 is 1.35 bits per heavy atom. The number of carbonyl (C=O) groups is 1. The quantitative estimate of drug-likeness (QED) is 0.787. The molecular weight excluding hydrogens is 216 g/mol. The van der Waals surface area contributed by atoms with Crippen molar-refractivity contribution in [1.82, 2.24) is 10.2 Å². The van der Waals surface area contributed by atoms with E-state index < -0.39 is 0 Å². The molecule has 0 spiro atoms. The van der Waals surface area contributed by atoms with Crippen LogP contribution in [0.3, 0.4) is 0 Å². The van der Waals surface area contributed by atoms with Gasteiger partial charge in [0.1, 0.15) is 0 Å². The highest BCUT2D eigenvalue weighted by atomic mass is 16.5. The Labute approximate surface area is 104 Å².